The molecule has 0 amide bonds. The summed E-state index contributed by atoms with van der Waals surface area (Å²) in [4.78, 5) is 6.78. The third-order valence-electron chi connectivity index (χ3n) is 2.80. The highest BCUT2D eigenvalue weighted by Crippen LogP contribution is 2.28. The van der Waals surface area contributed by atoms with Crippen LogP contribution in [-0.4, -0.2) is 36.1 Å². The predicted molar refractivity (Wildman–Crippen MR) is 76.1 cm³/mol. The molecular formula is C12H18ClN3S. The van der Waals surface area contributed by atoms with Crippen LogP contribution in [0.2, 0.25) is 5.02 Å². The molecule has 94 valence electrons. The Hall–Kier alpha value is -0.450. The van der Waals surface area contributed by atoms with Gasteiger partial charge in [-0.3, -0.25) is 0 Å². The zero-order valence-electron chi connectivity index (χ0n) is 10.2. The van der Waals surface area contributed by atoms with Crippen LogP contribution >= 0.6 is 23.4 Å². The second-order valence-electron chi connectivity index (χ2n) is 4.31. The highest BCUT2D eigenvalue weighted by molar-refractivity contribution is 8.00. The van der Waals surface area contributed by atoms with Gasteiger partial charge in [0, 0.05) is 36.8 Å². The third kappa shape index (κ3) is 3.27. The Labute approximate surface area is 112 Å². The van der Waals surface area contributed by atoms with Gasteiger partial charge in [-0.1, -0.05) is 18.5 Å². The fourth-order valence-electron chi connectivity index (χ4n) is 2.01. The summed E-state index contributed by atoms with van der Waals surface area (Å²) < 4.78 is 0. The smallest absolute Gasteiger partial charge is 0.147 e. The lowest BCUT2D eigenvalue weighted by Gasteiger charge is -2.32. The molecule has 0 aromatic carbocycles. The van der Waals surface area contributed by atoms with Gasteiger partial charge in [0.1, 0.15) is 5.82 Å². The molecule has 0 aliphatic carbocycles. The van der Waals surface area contributed by atoms with Crippen LogP contribution in [0, 0.1) is 0 Å². The van der Waals surface area contributed by atoms with Crippen molar-refractivity contribution in [3.63, 3.8) is 0 Å². The topological polar surface area (TPSA) is 28.2 Å². The maximum Gasteiger partial charge on any atom is 0.147 e. The van der Waals surface area contributed by atoms with Crippen LogP contribution in [0.25, 0.3) is 0 Å². The second kappa shape index (κ2) is 5.94. The van der Waals surface area contributed by atoms with Gasteiger partial charge >= 0.3 is 0 Å². The van der Waals surface area contributed by atoms with Crippen molar-refractivity contribution in [1.82, 2.24) is 10.3 Å². The van der Waals surface area contributed by atoms with Crippen molar-refractivity contribution in [2.75, 3.05) is 30.8 Å². The predicted octanol–water partition coefficient (Wildman–Crippen LogP) is 2.40. The molecule has 1 aromatic heterocycles. The summed E-state index contributed by atoms with van der Waals surface area (Å²) >= 11 is 8.32. The molecule has 1 unspecified atom stereocenters. The maximum atomic E-state index is 6.31. The van der Waals surface area contributed by atoms with E-state index in [1.165, 1.54) is 0 Å². The number of hydrogen-bond donors (Lipinski definition) is 1. The molecule has 1 aromatic rings. The van der Waals surface area contributed by atoms with Crippen molar-refractivity contribution >= 4 is 29.2 Å². The summed E-state index contributed by atoms with van der Waals surface area (Å²) in [7, 11) is 1.92. The summed E-state index contributed by atoms with van der Waals surface area (Å²) in [6, 6.07) is 2.01. The number of pyridine rings is 1. The first kappa shape index (κ1) is 13.0. The van der Waals surface area contributed by atoms with Crippen LogP contribution in [0.3, 0.4) is 0 Å². The van der Waals surface area contributed by atoms with Crippen LogP contribution in [0.4, 0.5) is 5.82 Å². The molecule has 0 saturated carbocycles. The number of nitrogens with zero attached hydrogens (tertiary/aromatic N) is 2. The first-order chi connectivity index (χ1) is 8.20. The van der Waals surface area contributed by atoms with Crippen molar-refractivity contribution in [3.8, 4) is 0 Å². The van der Waals surface area contributed by atoms with E-state index in [4.69, 9.17) is 11.6 Å². The minimum Gasteiger partial charge on any atom is -0.353 e. The molecule has 1 N–H and O–H groups in total. The Morgan fingerprint density at radius 3 is 3.12 bits per heavy atom. The molecule has 2 rings (SSSR count). The zero-order valence-corrected chi connectivity index (χ0v) is 11.8. The standard InChI is InChI=1S/C12H18ClN3S/c1-9-8-16(3-4-17-9)12-11(13)5-10(6-14-2)7-15-12/h5,7,9,14H,3-4,6,8H2,1-2H3. The quantitative estimate of drug-likeness (QED) is 0.914. The lowest BCUT2D eigenvalue weighted by molar-refractivity contribution is 0.765. The maximum absolute atomic E-state index is 6.31. The monoisotopic (exact) mass is 271 g/mol. The van der Waals surface area contributed by atoms with E-state index >= 15 is 0 Å². The summed E-state index contributed by atoms with van der Waals surface area (Å²) in [5.74, 6) is 2.08. The molecule has 1 atom stereocenters. The fourth-order valence-corrected chi connectivity index (χ4v) is 3.34. The SMILES string of the molecule is CNCc1cnc(N2CCSC(C)C2)c(Cl)c1. The average molecular weight is 272 g/mol. The number of halogens is 1. The molecule has 2 heterocycles. The van der Waals surface area contributed by atoms with E-state index in [0.29, 0.717) is 5.25 Å². The van der Waals surface area contributed by atoms with Crippen molar-refractivity contribution in [2.45, 2.75) is 18.7 Å². The molecule has 17 heavy (non-hydrogen) atoms. The Morgan fingerprint density at radius 1 is 1.65 bits per heavy atom. The average Bonchev–Trinajstić information content (AvgIpc) is 2.29. The van der Waals surface area contributed by atoms with E-state index in [1.807, 2.05) is 31.1 Å². The number of nitrogens with one attached hydrogen (secondary N) is 1. The Balaban J connectivity index is 2.15. The summed E-state index contributed by atoms with van der Waals surface area (Å²) in [5, 5.41) is 4.51. The van der Waals surface area contributed by atoms with E-state index in [0.717, 1.165) is 41.8 Å². The van der Waals surface area contributed by atoms with E-state index in [2.05, 4.69) is 22.1 Å². The zero-order chi connectivity index (χ0) is 12.3. The molecule has 1 fully saturated rings. The number of hydrogen-bond acceptors (Lipinski definition) is 4. The van der Waals surface area contributed by atoms with Gasteiger partial charge in [0.15, 0.2) is 0 Å². The van der Waals surface area contributed by atoms with Crippen LogP contribution in [-0.2, 0) is 6.54 Å². The van der Waals surface area contributed by atoms with Crippen LogP contribution in [0.1, 0.15) is 12.5 Å². The third-order valence-corrected chi connectivity index (χ3v) is 4.21. The summed E-state index contributed by atoms with van der Waals surface area (Å²) in [5.41, 5.74) is 1.13. The molecule has 1 aliphatic heterocycles. The first-order valence-corrected chi connectivity index (χ1v) is 7.29. The van der Waals surface area contributed by atoms with E-state index in [9.17, 15) is 0 Å². The number of rotatable bonds is 3. The molecule has 0 radical (unpaired) electrons. The van der Waals surface area contributed by atoms with Gasteiger partial charge in [-0.15, -0.1) is 0 Å². The Bertz CT molecular complexity index is 386. The molecule has 1 aliphatic rings. The van der Waals surface area contributed by atoms with Crippen molar-refractivity contribution in [3.05, 3.63) is 22.8 Å². The Kier molecular flexibility index (Phi) is 4.54. The fraction of sp³-hybridized carbons (Fsp3) is 0.583. The van der Waals surface area contributed by atoms with Crippen molar-refractivity contribution in [2.24, 2.45) is 0 Å². The number of anilines is 1. The molecule has 3 nitrogen and oxygen atoms in total. The van der Waals surface area contributed by atoms with E-state index < -0.39 is 0 Å². The first-order valence-electron chi connectivity index (χ1n) is 5.86. The van der Waals surface area contributed by atoms with Gasteiger partial charge in [-0.05, 0) is 18.7 Å². The van der Waals surface area contributed by atoms with Crippen LogP contribution < -0.4 is 10.2 Å². The summed E-state index contributed by atoms with van der Waals surface area (Å²) in [6.45, 7) is 5.12. The molecule has 0 bridgehead atoms. The number of thioether (sulfide) groups is 1. The van der Waals surface area contributed by atoms with Gasteiger partial charge in [-0.2, -0.15) is 11.8 Å². The number of aromatic nitrogens is 1. The largest absolute Gasteiger partial charge is 0.353 e. The molecule has 0 spiro atoms. The lowest BCUT2D eigenvalue weighted by atomic mass is 10.2. The van der Waals surface area contributed by atoms with Gasteiger partial charge in [0.2, 0.25) is 0 Å². The molecule has 5 heteroatoms. The van der Waals surface area contributed by atoms with Crippen LogP contribution in [0.15, 0.2) is 12.3 Å². The van der Waals surface area contributed by atoms with Gasteiger partial charge in [0.05, 0.1) is 5.02 Å². The second-order valence-corrected chi connectivity index (χ2v) is 6.26. The lowest BCUT2D eigenvalue weighted by Crippen LogP contribution is -2.37. The van der Waals surface area contributed by atoms with E-state index in [1.54, 1.807) is 0 Å². The normalized spacial score (nSPS) is 20.6. The highest BCUT2D eigenvalue weighted by atomic mass is 35.5. The minimum absolute atomic E-state index is 0.651. The minimum atomic E-state index is 0.651. The van der Waals surface area contributed by atoms with Crippen LogP contribution in [0.5, 0.6) is 0 Å². The van der Waals surface area contributed by atoms with Crippen molar-refractivity contribution in [1.29, 1.82) is 0 Å². The summed E-state index contributed by atoms with van der Waals surface area (Å²) in [6.07, 6.45) is 1.91. The van der Waals surface area contributed by atoms with Crippen molar-refractivity contribution < 1.29 is 0 Å². The van der Waals surface area contributed by atoms with Gasteiger partial charge in [-0.25, -0.2) is 4.98 Å². The molecule has 1 saturated heterocycles. The van der Waals surface area contributed by atoms with Gasteiger partial charge in [0.25, 0.3) is 0 Å². The highest BCUT2D eigenvalue weighted by Gasteiger charge is 2.19. The Morgan fingerprint density at radius 2 is 2.47 bits per heavy atom. The van der Waals surface area contributed by atoms with E-state index in [-0.39, 0.29) is 0 Å². The molecular weight excluding hydrogens is 254 g/mol. The van der Waals surface area contributed by atoms with Gasteiger partial charge < -0.3 is 10.2 Å².